The van der Waals surface area contributed by atoms with Crippen molar-refractivity contribution in [2.75, 3.05) is 23.4 Å². The Labute approximate surface area is 125 Å². The number of hydrogen-bond acceptors (Lipinski definition) is 5. The number of thiazole rings is 1. The van der Waals surface area contributed by atoms with Crippen molar-refractivity contribution >= 4 is 34.0 Å². The molecule has 7 heteroatoms. The number of para-hydroxylation sites is 2. The number of amides is 2. The second kappa shape index (κ2) is 5.92. The van der Waals surface area contributed by atoms with Gasteiger partial charge in [-0.2, -0.15) is 0 Å². The van der Waals surface area contributed by atoms with Gasteiger partial charge < -0.3 is 10.1 Å². The minimum Gasteiger partial charge on any atom is -0.491 e. The summed E-state index contributed by atoms with van der Waals surface area (Å²) in [6.07, 6.45) is 1.86. The van der Waals surface area contributed by atoms with Crippen LogP contribution in [0.15, 0.2) is 35.8 Å². The molecule has 0 bridgehead atoms. The van der Waals surface area contributed by atoms with E-state index in [1.807, 2.05) is 12.1 Å². The summed E-state index contributed by atoms with van der Waals surface area (Å²) in [7, 11) is 0. The zero-order valence-corrected chi connectivity index (χ0v) is 11.9. The molecule has 0 saturated carbocycles. The highest BCUT2D eigenvalue weighted by Gasteiger charge is 2.25. The van der Waals surface area contributed by atoms with Crippen LogP contribution >= 0.6 is 11.3 Å². The van der Waals surface area contributed by atoms with Crippen LogP contribution in [-0.4, -0.2) is 29.9 Å². The van der Waals surface area contributed by atoms with Crippen LogP contribution in [0.5, 0.6) is 5.75 Å². The molecular weight excluding hydrogens is 290 g/mol. The number of aromatic nitrogens is 1. The van der Waals surface area contributed by atoms with Gasteiger partial charge in [0, 0.05) is 11.6 Å². The summed E-state index contributed by atoms with van der Waals surface area (Å²) in [5, 5.41) is 4.97. The van der Waals surface area contributed by atoms with E-state index in [0.29, 0.717) is 23.2 Å². The van der Waals surface area contributed by atoms with Gasteiger partial charge >= 0.3 is 0 Å². The Morgan fingerprint density at radius 2 is 2.29 bits per heavy atom. The Kier molecular flexibility index (Phi) is 3.83. The van der Waals surface area contributed by atoms with E-state index in [1.165, 1.54) is 16.2 Å². The molecule has 1 aliphatic rings. The zero-order chi connectivity index (χ0) is 14.7. The largest absolute Gasteiger partial charge is 0.491 e. The van der Waals surface area contributed by atoms with Gasteiger partial charge in [-0.25, -0.2) is 4.98 Å². The average molecular weight is 303 g/mol. The van der Waals surface area contributed by atoms with Crippen LogP contribution in [0.25, 0.3) is 0 Å². The summed E-state index contributed by atoms with van der Waals surface area (Å²) in [5.41, 5.74) is 0.620. The van der Waals surface area contributed by atoms with Crippen molar-refractivity contribution in [1.82, 2.24) is 4.98 Å². The third kappa shape index (κ3) is 3.03. The summed E-state index contributed by atoms with van der Waals surface area (Å²) in [5.74, 6) is 0.203. The summed E-state index contributed by atoms with van der Waals surface area (Å²) in [6.45, 7) is 0.263. The summed E-state index contributed by atoms with van der Waals surface area (Å²) in [4.78, 5) is 29.7. The number of carbonyl (C=O) groups excluding carboxylic acids is 2. The fourth-order valence-electron chi connectivity index (χ4n) is 2.08. The molecule has 2 aromatic rings. The Morgan fingerprint density at radius 3 is 3.10 bits per heavy atom. The molecule has 0 atom stereocenters. The fraction of sp³-hybridized carbons (Fsp3) is 0.214. The lowest BCUT2D eigenvalue weighted by molar-refractivity contribution is -0.121. The topological polar surface area (TPSA) is 71.5 Å². The van der Waals surface area contributed by atoms with E-state index in [9.17, 15) is 9.59 Å². The van der Waals surface area contributed by atoms with Crippen LogP contribution < -0.4 is 15.0 Å². The first-order valence-corrected chi connectivity index (χ1v) is 7.33. The third-order valence-corrected chi connectivity index (χ3v) is 3.70. The van der Waals surface area contributed by atoms with Crippen molar-refractivity contribution in [3.63, 3.8) is 0 Å². The molecule has 1 aliphatic heterocycles. The normalized spacial score (nSPS) is 14.1. The van der Waals surface area contributed by atoms with Gasteiger partial charge in [-0.1, -0.05) is 12.1 Å². The first kappa shape index (κ1) is 13.6. The molecular formula is C14H13N3O3S. The highest BCUT2D eigenvalue weighted by molar-refractivity contribution is 7.13. The van der Waals surface area contributed by atoms with Gasteiger partial charge in [-0.15, -0.1) is 11.3 Å². The maximum atomic E-state index is 12.2. The number of nitrogens with one attached hydrogen (secondary N) is 1. The number of nitrogens with zero attached hydrogens (tertiary/aromatic N) is 2. The van der Waals surface area contributed by atoms with Gasteiger partial charge in [0.15, 0.2) is 5.13 Å². The van der Waals surface area contributed by atoms with Gasteiger partial charge in [0.1, 0.15) is 12.3 Å². The lowest BCUT2D eigenvalue weighted by atomic mass is 10.2. The third-order valence-electron chi connectivity index (χ3n) is 3.01. The summed E-state index contributed by atoms with van der Waals surface area (Å²) >= 11 is 1.33. The number of benzene rings is 1. The fourth-order valence-corrected chi connectivity index (χ4v) is 2.63. The van der Waals surface area contributed by atoms with Gasteiger partial charge in [0.2, 0.25) is 11.8 Å². The molecule has 0 radical (unpaired) electrons. The van der Waals surface area contributed by atoms with Gasteiger partial charge in [-0.3, -0.25) is 14.5 Å². The van der Waals surface area contributed by atoms with E-state index in [2.05, 4.69) is 10.3 Å². The predicted octanol–water partition coefficient (Wildman–Crippen LogP) is 1.90. The van der Waals surface area contributed by atoms with Crippen LogP contribution in [0.3, 0.4) is 0 Å². The van der Waals surface area contributed by atoms with Crippen molar-refractivity contribution < 1.29 is 14.3 Å². The molecule has 0 aliphatic carbocycles. The number of rotatable bonds is 3. The van der Waals surface area contributed by atoms with Crippen molar-refractivity contribution in [1.29, 1.82) is 0 Å². The second-order valence-electron chi connectivity index (χ2n) is 4.43. The Bertz CT molecular complexity index is 657. The monoisotopic (exact) mass is 303 g/mol. The quantitative estimate of drug-likeness (QED) is 0.940. The van der Waals surface area contributed by atoms with Crippen molar-refractivity contribution in [3.8, 4) is 5.75 Å². The van der Waals surface area contributed by atoms with Crippen molar-refractivity contribution in [2.24, 2.45) is 0 Å². The van der Waals surface area contributed by atoms with Gasteiger partial charge in [0.25, 0.3) is 0 Å². The Hall–Kier alpha value is -2.41. The lowest BCUT2D eigenvalue weighted by Crippen LogP contribution is -2.37. The van der Waals surface area contributed by atoms with E-state index in [1.54, 1.807) is 23.7 Å². The smallest absolute Gasteiger partial charge is 0.246 e. The van der Waals surface area contributed by atoms with Gasteiger partial charge in [-0.05, 0) is 12.1 Å². The SMILES string of the molecule is O=C(CN1C(=O)CCOc2ccccc21)Nc1nccs1. The first-order valence-electron chi connectivity index (χ1n) is 6.45. The first-order chi connectivity index (χ1) is 10.2. The van der Waals surface area contributed by atoms with Crippen molar-refractivity contribution in [2.45, 2.75) is 6.42 Å². The summed E-state index contributed by atoms with van der Waals surface area (Å²) in [6, 6.07) is 7.21. The maximum absolute atomic E-state index is 12.2. The van der Waals surface area contributed by atoms with E-state index < -0.39 is 0 Å². The predicted molar refractivity (Wildman–Crippen MR) is 79.7 cm³/mol. The van der Waals surface area contributed by atoms with E-state index >= 15 is 0 Å². The lowest BCUT2D eigenvalue weighted by Gasteiger charge is -2.20. The average Bonchev–Trinajstić information content (AvgIpc) is 2.92. The number of ether oxygens (including phenoxy) is 1. The molecule has 0 spiro atoms. The van der Waals surface area contributed by atoms with Crippen LogP contribution in [-0.2, 0) is 9.59 Å². The van der Waals surface area contributed by atoms with Crippen LogP contribution in [0.1, 0.15) is 6.42 Å². The molecule has 1 N–H and O–H groups in total. The highest BCUT2D eigenvalue weighted by Crippen LogP contribution is 2.30. The van der Waals surface area contributed by atoms with E-state index in [-0.39, 0.29) is 24.8 Å². The molecule has 1 aromatic carbocycles. The van der Waals surface area contributed by atoms with Gasteiger partial charge in [0.05, 0.1) is 18.7 Å². The second-order valence-corrected chi connectivity index (χ2v) is 5.33. The molecule has 1 aromatic heterocycles. The molecule has 0 unspecified atom stereocenters. The Balaban J connectivity index is 1.79. The number of anilines is 2. The number of carbonyl (C=O) groups is 2. The molecule has 3 rings (SSSR count). The number of fused-ring (bicyclic) bond motifs is 1. The molecule has 2 heterocycles. The van der Waals surface area contributed by atoms with Crippen LogP contribution in [0.4, 0.5) is 10.8 Å². The highest BCUT2D eigenvalue weighted by atomic mass is 32.1. The molecule has 108 valence electrons. The zero-order valence-electron chi connectivity index (χ0n) is 11.1. The standard InChI is InChI=1S/C14H13N3O3S/c18-12(16-14-15-6-8-21-14)9-17-10-3-1-2-4-11(10)20-7-5-13(17)19/h1-4,6,8H,5,7,9H2,(H,15,16,18). The molecule has 6 nitrogen and oxygen atoms in total. The summed E-state index contributed by atoms with van der Waals surface area (Å²) < 4.78 is 5.53. The molecule has 21 heavy (non-hydrogen) atoms. The molecule has 2 amide bonds. The molecule has 0 saturated heterocycles. The Morgan fingerprint density at radius 1 is 1.43 bits per heavy atom. The number of hydrogen-bond donors (Lipinski definition) is 1. The van der Waals surface area contributed by atoms with Crippen molar-refractivity contribution in [3.05, 3.63) is 35.8 Å². The molecule has 0 fully saturated rings. The van der Waals surface area contributed by atoms with E-state index in [4.69, 9.17) is 4.74 Å². The van der Waals surface area contributed by atoms with E-state index in [0.717, 1.165) is 0 Å². The van der Waals surface area contributed by atoms with Crippen LogP contribution in [0, 0.1) is 0 Å². The van der Waals surface area contributed by atoms with Crippen LogP contribution in [0.2, 0.25) is 0 Å². The maximum Gasteiger partial charge on any atom is 0.246 e. The minimum atomic E-state index is -0.282. The minimum absolute atomic E-state index is 0.0568.